The van der Waals surface area contributed by atoms with Crippen molar-refractivity contribution < 1.29 is 16.7 Å². The summed E-state index contributed by atoms with van der Waals surface area (Å²) in [5.41, 5.74) is 2.33. The molecule has 9 nitrogen and oxygen atoms in total. The molecule has 1 amide bonds. The van der Waals surface area contributed by atoms with Crippen molar-refractivity contribution in [3.05, 3.63) is 92.4 Å². The normalized spacial score (nSPS) is 18.0. The molecule has 1 aliphatic heterocycles. The third-order valence-electron chi connectivity index (χ3n) is 7.43. The number of pyridine rings is 3. The fraction of sp³-hybridized carbons (Fsp3) is 0.355. The van der Waals surface area contributed by atoms with Crippen LogP contribution in [-0.4, -0.2) is 30.4 Å². The number of fused-ring (bicyclic) bond motifs is 4. The summed E-state index contributed by atoms with van der Waals surface area (Å²) in [7, 11) is 0. The van der Waals surface area contributed by atoms with Gasteiger partial charge in [-0.1, -0.05) is 11.6 Å². The second-order valence-corrected chi connectivity index (χ2v) is 11.4. The van der Waals surface area contributed by atoms with E-state index < -0.39 is 29.4 Å². The number of hydrogen-bond donors (Lipinski definition) is 1. The topological polar surface area (TPSA) is 112 Å². The largest absolute Gasteiger partial charge is 0.482 e. The average Bonchev–Trinajstić information content (AvgIpc) is 3.20. The molecule has 0 radical (unpaired) electrons. The molecule has 216 valence electrons. The number of ether oxygens (including phenoxy) is 1. The van der Waals surface area contributed by atoms with Crippen LogP contribution < -0.4 is 15.6 Å². The fourth-order valence-electron chi connectivity index (χ4n) is 5.48. The number of carbonyl (C=O) groups excluding carboxylic acids is 1. The quantitative estimate of drug-likeness (QED) is 0.340. The number of rotatable bonds is 5. The number of halogens is 2. The van der Waals surface area contributed by atoms with Gasteiger partial charge in [-0.2, -0.15) is 0 Å². The second kappa shape index (κ2) is 10.9. The van der Waals surface area contributed by atoms with Gasteiger partial charge in [0.15, 0.2) is 5.82 Å². The van der Waals surface area contributed by atoms with Crippen molar-refractivity contribution in [1.82, 2.24) is 29.8 Å². The molecule has 5 heterocycles. The molecule has 1 N–H and O–H groups in total. The smallest absolute Gasteiger partial charge is 0.277 e. The maximum atomic E-state index is 13.9. The number of aromatic nitrogens is 5. The summed E-state index contributed by atoms with van der Waals surface area (Å²) in [5.74, 6) is -0.302. The predicted octanol–water partition coefficient (Wildman–Crippen LogP) is 5.19. The van der Waals surface area contributed by atoms with Crippen molar-refractivity contribution in [1.29, 1.82) is 0 Å². The van der Waals surface area contributed by atoms with Gasteiger partial charge in [-0.05, 0) is 81.7 Å². The zero-order valence-electron chi connectivity index (χ0n) is 25.4. The summed E-state index contributed by atoms with van der Waals surface area (Å²) in [6.45, 7) is 5.05. The zero-order valence-corrected chi connectivity index (χ0v) is 24.1. The lowest BCUT2D eigenvalue weighted by Gasteiger charge is -2.24. The monoisotopic (exact) mass is 590 g/mol. The van der Waals surface area contributed by atoms with Crippen molar-refractivity contribution in [2.24, 2.45) is 0 Å². The molecule has 42 heavy (non-hydrogen) atoms. The Morgan fingerprint density at radius 3 is 2.76 bits per heavy atom. The van der Waals surface area contributed by atoms with Gasteiger partial charge >= 0.3 is 0 Å². The van der Waals surface area contributed by atoms with E-state index in [1.807, 2.05) is 13.8 Å². The fourth-order valence-corrected chi connectivity index (χ4v) is 5.66. The highest BCUT2D eigenvalue weighted by Crippen LogP contribution is 2.37. The van der Waals surface area contributed by atoms with Crippen LogP contribution in [0.3, 0.4) is 0 Å². The number of nitrogens with one attached hydrogen (secondary N) is 1. The molecule has 0 fully saturated rings. The summed E-state index contributed by atoms with van der Waals surface area (Å²) < 4.78 is 38.3. The molecule has 0 bridgehead atoms. The van der Waals surface area contributed by atoms with Gasteiger partial charge in [0.1, 0.15) is 22.7 Å². The standard InChI is InChI=1S/C31H30ClFN6O3/c1-17(40)38-31(2,3)30-34-11-10-22(37-30)23-14-24-19(15-35-23)6-4-5-7-21-13-26(27(32)29(41)39(21)24)42-25-9-8-18-12-20(33)16-36-28(18)25/h10-16,25H,4-9H2,1-3H3,(H,38,40)/i8D2. The molecule has 4 aromatic rings. The minimum absolute atomic E-state index is 0.0922. The van der Waals surface area contributed by atoms with Crippen LogP contribution in [0.25, 0.3) is 17.1 Å². The Balaban J connectivity index is 1.41. The maximum Gasteiger partial charge on any atom is 0.277 e. The number of hydrogen-bond acceptors (Lipinski definition) is 7. The third kappa shape index (κ3) is 5.27. The zero-order chi connectivity index (χ0) is 31.4. The first-order valence-electron chi connectivity index (χ1n) is 14.7. The Kier molecular flexibility index (Phi) is 6.63. The molecule has 1 aliphatic carbocycles. The molecule has 11 heteroatoms. The van der Waals surface area contributed by atoms with Gasteiger partial charge in [0.25, 0.3) is 5.56 Å². The van der Waals surface area contributed by atoms with Crippen LogP contribution in [-0.2, 0) is 29.5 Å². The molecular weight excluding hydrogens is 559 g/mol. The number of amides is 1. The Hall–Kier alpha value is -4.18. The van der Waals surface area contributed by atoms with Crippen LogP contribution in [0.1, 0.15) is 77.2 Å². The summed E-state index contributed by atoms with van der Waals surface area (Å²) in [4.78, 5) is 43.4. The van der Waals surface area contributed by atoms with Gasteiger partial charge in [-0.3, -0.25) is 24.1 Å². The molecule has 0 saturated heterocycles. The van der Waals surface area contributed by atoms with E-state index in [2.05, 4.69) is 25.3 Å². The Morgan fingerprint density at radius 1 is 1.14 bits per heavy atom. The van der Waals surface area contributed by atoms with E-state index in [4.69, 9.17) is 19.1 Å². The molecule has 4 aromatic heterocycles. The van der Waals surface area contributed by atoms with Gasteiger partial charge in [0, 0.05) is 33.8 Å². The third-order valence-corrected chi connectivity index (χ3v) is 7.77. The minimum Gasteiger partial charge on any atom is -0.482 e. The number of aryl methyl sites for hydroxylation is 3. The molecule has 1 atom stereocenters. The van der Waals surface area contributed by atoms with Crippen LogP contribution in [0.5, 0.6) is 5.75 Å². The summed E-state index contributed by atoms with van der Waals surface area (Å²) in [6.07, 6.45) is 4.56. The Bertz CT molecular complexity index is 1870. The van der Waals surface area contributed by atoms with Crippen molar-refractivity contribution >= 4 is 17.5 Å². The van der Waals surface area contributed by atoms with Gasteiger partial charge in [-0.25, -0.2) is 14.4 Å². The molecule has 2 aliphatic rings. The Morgan fingerprint density at radius 2 is 1.95 bits per heavy atom. The van der Waals surface area contributed by atoms with Gasteiger partial charge < -0.3 is 10.1 Å². The highest BCUT2D eigenvalue weighted by molar-refractivity contribution is 6.31. The van der Waals surface area contributed by atoms with E-state index in [1.165, 1.54) is 6.92 Å². The molecular formula is C31H30ClFN6O3. The highest BCUT2D eigenvalue weighted by Gasteiger charge is 2.29. The van der Waals surface area contributed by atoms with Crippen LogP contribution in [0, 0.1) is 5.82 Å². The first kappa shape index (κ1) is 25.5. The second-order valence-electron chi connectivity index (χ2n) is 11.0. The van der Waals surface area contributed by atoms with Gasteiger partial charge in [0.05, 0.1) is 34.5 Å². The van der Waals surface area contributed by atoms with Crippen LogP contribution in [0.4, 0.5) is 4.39 Å². The van der Waals surface area contributed by atoms with Crippen LogP contribution in [0.2, 0.25) is 5.02 Å². The lowest BCUT2D eigenvalue weighted by atomic mass is 10.0. The van der Waals surface area contributed by atoms with Crippen LogP contribution in [0.15, 0.2) is 47.7 Å². The number of nitrogens with zero attached hydrogens (tertiary/aromatic N) is 5. The Labute approximate surface area is 250 Å². The van der Waals surface area contributed by atoms with Crippen molar-refractivity contribution in [2.45, 2.75) is 70.9 Å². The lowest BCUT2D eigenvalue weighted by Crippen LogP contribution is -2.41. The SMILES string of the molecule is [2H]C1([2H])CC(Oc2cc3n(c(=O)c2Cl)-c2cc(-c4ccnc(C(C)(C)NC(C)=O)n4)ncc2CCCC3)c2ncc(F)cc21. The van der Waals surface area contributed by atoms with E-state index in [0.717, 1.165) is 30.7 Å². The van der Waals surface area contributed by atoms with Gasteiger partial charge in [-0.15, -0.1) is 0 Å². The first-order valence-corrected chi connectivity index (χ1v) is 14.1. The molecule has 0 aromatic carbocycles. The number of carbonyl (C=O) groups is 1. The summed E-state index contributed by atoms with van der Waals surface area (Å²) in [5, 5.41) is 2.70. The van der Waals surface area contributed by atoms with E-state index >= 15 is 0 Å². The molecule has 0 saturated carbocycles. The first-order chi connectivity index (χ1) is 20.8. The van der Waals surface area contributed by atoms with Gasteiger partial charge in [0.2, 0.25) is 5.91 Å². The van der Waals surface area contributed by atoms with E-state index in [-0.39, 0.29) is 34.4 Å². The molecule has 0 spiro atoms. The summed E-state index contributed by atoms with van der Waals surface area (Å²) in [6, 6.07) is 6.37. The van der Waals surface area contributed by atoms with E-state index in [1.54, 1.807) is 35.2 Å². The van der Waals surface area contributed by atoms with Crippen molar-refractivity contribution in [2.75, 3.05) is 0 Å². The highest BCUT2D eigenvalue weighted by atomic mass is 35.5. The van der Waals surface area contributed by atoms with Crippen molar-refractivity contribution in [3.63, 3.8) is 0 Å². The molecule has 6 rings (SSSR count). The summed E-state index contributed by atoms with van der Waals surface area (Å²) >= 11 is 6.66. The van der Waals surface area contributed by atoms with Crippen LogP contribution >= 0.6 is 11.6 Å². The predicted molar refractivity (Wildman–Crippen MR) is 155 cm³/mol. The minimum atomic E-state index is -1.85. The van der Waals surface area contributed by atoms with Crippen molar-refractivity contribution in [3.8, 4) is 22.8 Å². The average molecular weight is 591 g/mol. The van der Waals surface area contributed by atoms with E-state index in [0.29, 0.717) is 41.4 Å². The maximum absolute atomic E-state index is 13.9. The van der Waals surface area contributed by atoms with E-state index in [9.17, 15) is 14.0 Å². The molecule has 1 unspecified atom stereocenters. The lowest BCUT2D eigenvalue weighted by molar-refractivity contribution is -0.120.